The highest BCUT2D eigenvalue weighted by atomic mass is 127. The van der Waals surface area contributed by atoms with Crippen LogP contribution in [0.4, 0.5) is 0 Å². The molecule has 6 heteroatoms. The van der Waals surface area contributed by atoms with Crippen LogP contribution in [0.25, 0.3) is 10.9 Å². The van der Waals surface area contributed by atoms with Crippen molar-refractivity contribution < 1.29 is 5.11 Å². The van der Waals surface area contributed by atoms with Gasteiger partial charge in [-0.25, -0.2) is 0 Å². The number of hydrogen-bond acceptors (Lipinski definition) is 2. The zero-order valence-electron chi connectivity index (χ0n) is 16.2. The fraction of sp³-hybridized carbons (Fsp3) is 0.318. The topological polar surface area (TPSA) is 72.4 Å². The van der Waals surface area contributed by atoms with Crippen LogP contribution in [-0.4, -0.2) is 42.3 Å². The highest BCUT2D eigenvalue weighted by molar-refractivity contribution is 14.0. The van der Waals surface area contributed by atoms with Crippen LogP contribution in [0.3, 0.4) is 0 Å². The molecule has 28 heavy (non-hydrogen) atoms. The van der Waals surface area contributed by atoms with Gasteiger partial charge in [0.25, 0.3) is 0 Å². The van der Waals surface area contributed by atoms with Crippen LogP contribution < -0.4 is 10.6 Å². The van der Waals surface area contributed by atoms with Gasteiger partial charge in [-0.05, 0) is 30.0 Å². The number of hydrogen-bond donors (Lipinski definition) is 4. The molecule has 0 aliphatic carbocycles. The number of aliphatic imine (C=N–C) groups is 1. The molecule has 0 saturated carbocycles. The predicted molar refractivity (Wildman–Crippen MR) is 128 cm³/mol. The third kappa shape index (κ3) is 6.24. The standard InChI is InChI=1S/C22H28N4O.HI/c1-2-23-22(25-15-19(16-27)17-8-4-3-5-9-17)24-13-12-20-14-18-10-6-7-11-21(18)26-20;/h3-11,14,19,26-27H,2,12-13,15-16H2,1H3,(H2,23,24,25);1H. The first-order valence-corrected chi connectivity index (χ1v) is 9.54. The van der Waals surface area contributed by atoms with E-state index >= 15 is 0 Å². The van der Waals surface area contributed by atoms with Crippen molar-refractivity contribution in [1.82, 2.24) is 15.6 Å². The van der Waals surface area contributed by atoms with Gasteiger partial charge in [-0.15, -0.1) is 24.0 Å². The zero-order chi connectivity index (χ0) is 18.9. The third-order valence-corrected chi connectivity index (χ3v) is 4.58. The first kappa shape index (κ1) is 22.2. The van der Waals surface area contributed by atoms with E-state index in [1.54, 1.807) is 0 Å². The highest BCUT2D eigenvalue weighted by Gasteiger charge is 2.10. The van der Waals surface area contributed by atoms with E-state index in [0.29, 0.717) is 6.54 Å². The second-order valence-electron chi connectivity index (χ2n) is 6.57. The molecule has 0 bridgehead atoms. The zero-order valence-corrected chi connectivity index (χ0v) is 18.5. The van der Waals surface area contributed by atoms with Gasteiger partial charge in [-0.2, -0.15) is 0 Å². The van der Waals surface area contributed by atoms with E-state index in [1.165, 1.54) is 16.6 Å². The molecule has 2 aromatic carbocycles. The first-order valence-electron chi connectivity index (χ1n) is 9.54. The minimum Gasteiger partial charge on any atom is -0.396 e. The van der Waals surface area contributed by atoms with Crippen molar-refractivity contribution in [2.24, 2.45) is 4.99 Å². The lowest BCUT2D eigenvalue weighted by Gasteiger charge is -2.15. The van der Waals surface area contributed by atoms with Crippen LogP contribution in [0, 0.1) is 0 Å². The van der Waals surface area contributed by atoms with Gasteiger partial charge in [0.15, 0.2) is 5.96 Å². The molecule has 1 atom stereocenters. The normalized spacial score (nSPS) is 12.4. The van der Waals surface area contributed by atoms with E-state index in [4.69, 9.17) is 0 Å². The van der Waals surface area contributed by atoms with E-state index in [2.05, 4.69) is 51.8 Å². The molecular weight excluding hydrogens is 463 g/mol. The summed E-state index contributed by atoms with van der Waals surface area (Å²) in [5, 5.41) is 17.6. The lowest BCUT2D eigenvalue weighted by molar-refractivity contribution is 0.268. The number of aliphatic hydroxyl groups excluding tert-OH is 1. The van der Waals surface area contributed by atoms with Crippen molar-refractivity contribution >= 4 is 40.8 Å². The number of guanidine groups is 1. The number of aromatic nitrogens is 1. The Morgan fingerprint density at radius 2 is 1.82 bits per heavy atom. The van der Waals surface area contributed by atoms with Crippen LogP contribution in [0.2, 0.25) is 0 Å². The summed E-state index contributed by atoms with van der Waals surface area (Å²) in [4.78, 5) is 8.11. The van der Waals surface area contributed by atoms with Gasteiger partial charge < -0.3 is 20.7 Å². The van der Waals surface area contributed by atoms with Gasteiger partial charge in [-0.3, -0.25) is 4.99 Å². The number of aromatic amines is 1. The Bertz CT molecular complexity index is 830. The summed E-state index contributed by atoms with van der Waals surface area (Å²) >= 11 is 0. The Labute approximate surface area is 183 Å². The van der Waals surface area contributed by atoms with Gasteiger partial charge in [0.2, 0.25) is 0 Å². The van der Waals surface area contributed by atoms with Gasteiger partial charge in [0, 0.05) is 36.6 Å². The van der Waals surface area contributed by atoms with E-state index in [9.17, 15) is 5.11 Å². The molecule has 0 radical (unpaired) electrons. The number of nitrogens with zero attached hydrogens (tertiary/aromatic N) is 1. The molecule has 5 nitrogen and oxygen atoms in total. The molecule has 0 aliphatic heterocycles. The van der Waals surface area contributed by atoms with E-state index in [0.717, 1.165) is 31.0 Å². The lowest BCUT2D eigenvalue weighted by Crippen LogP contribution is -2.38. The molecule has 0 amide bonds. The van der Waals surface area contributed by atoms with Gasteiger partial charge in [-0.1, -0.05) is 48.5 Å². The fourth-order valence-electron chi connectivity index (χ4n) is 3.12. The maximum absolute atomic E-state index is 9.70. The number of fused-ring (bicyclic) bond motifs is 1. The monoisotopic (exact) mass is 492 g/mol. The van der Waals surface area contributed by atoms with Crippen LogP contribution in [0.5, 0.6) is 0 Å². The van der Waals surface area contributed by atoms with E-state index in [1.807, 2.05) is 36.4 Å². The number of para-hydroxylation sites is 1. The molecule has 1 unspecified atom stereocenters. The Balaban J connectivity index is 0.00000280. The van der Waals surface area contributed by atoms with Crippen molar-refractivity contribution in [2.45, 2.75) is 19.3 Å². The maximum atomic E-state index is 9.70. The third-order valence-electron chi connectivity index (χ3n) is 4.58. The van der Waals surface area contributed by atoms with Crippen molar-refractivity contribution in [3.63, 3.8) is 0 Å². The Kier molecular flexibility index (Phi) is 9.30. The van der Waals surface area contributed by atoms with Gasteiger partial charge >= 0.3 is 0 Å². The second kappa shape index (κ2) is 11.7. The van der Waals surface area contributed by atoms with Crippen LogP contribution in [-0.2, 0) is 6.42 Å². The number of aliphatic hydroxyl groups is 1. The van der Waals surface area contributed by atoms with Crippen molar-refractivity contribution in [3.05, 3.63) is 71.9 Å². The van der Waals surface area contributed by atoms with Crippen molar-refractivity contribution in [3.8, 4) is 0 Å². The smallest absolute Gasteiger partial charge is 0.191 e. The average molecular weight is 492 g/mol. The molecule has 1 heterocycles. The number of nitrogens with one attached hydrogen (secondary N) is 3. The Morgan fingerprint density at radius 3 is 2.54 bits per heavy atom. The quantitative estimate of drug-likeness (QED) is 0.220. The summed E-state index contributed by atoms with van der Waals surface area (Å²) in [5.41, 5.74) is 3.48. The number of H-pyrrole nitrogens is 1. The molecule has 3 aromatic rings. The molecule has 0 spiro atoms. The first-order chi connectivity index (χ1) is 13.3. The molecule has 4 N–H and O–H groups in total. The van der Waals surface area contributed by atoms with Crippen LogP contribution in [0.15, 0.2) is 65.7 Å². The average Bonchev–Trinajstić information content (AvgIpc) is 3.12. The number of halogens is 1. The molecule has 0 aliphatic rings. The highest BCUT2D eigenvalue weighted by Crippen LogP contribution is 2.15. The van der Waals surface area contributed by atoms with Gasteiger partial charge in [0.1, 0.15) is 0 Å². The molecule has 1 aromatic heterocycles. The maximum Gasteiger partial charge on any atom is 0.191 e. The summed E-state index contributed by atoms with van der Waals surface area (Å²) in [6, 6.07) is 20.5. The molecule has 0 fully saturated rings. The fourth-order valence-corrected chi connectivity index (χ4v) is 3.12. The Hall–Kier alpha value is -2.06. The lowest BCUT2D eigenvalue weighted by atomic mass is 10.0. The van der Waals surface area contributed by atoms with E-state index in [-0.39, 0.29) is 36.5 Å². The van der Waals surface area contributed by atoms with Gasteiger partial charge in [0.05, 0.1) is 13.2 Å². The molecule has 3 rings (SSSR count). The largest absolute Gasteiger partial charge is 0.396 e. The van der Waals surface area contributed by atoms with Crippen molar-refractivity contribution in [1.29, 1.82) is 0 Å². The van der Waals surface area contributed by atoms with E-state index < -0.39 is 0 Å². The summed E-state index contributed by atoms with van der Waals surface area (Å²) < 4.78 is 0. The Morgan fingerprint density at radius 1 is 1.07 bits per heavy atom. The molecule has 150 valence electrons. The minimum absolute atomic E-state index is 0. The summed E-state index contributed by atoms with van der Waals surface area (Å²) in [6.07, 6.45) is 0.890. The van der Waals surface area contributed by atoms with Crippen LogP contribution in [0.1, 0.15) is 24.1 Å². The molecular formula is C22H29IN4O. The summed E-state index contributed by atoms with van der Waals surface area (Å²) in [5.74, 6) is 0.790. The number of benzene rings is 2. The summed E-state index contributed by atoms with van der Waals surface area (Å²) in [6.45, 7) is 4.26. The minimum atomic E-state index is 0. The SMILES string of the molecule is CCNC(=NCC(CO)c1ccccc1)NCCc1cc2ccccc2[nH]1.I. The number of rotatable bonds is 8. The second-order valence-corrected chi connectivity index (χ2v) is 6.57. The van der Waals surface area contributed by atoms with Crippen LogP contribution >= 0.6 is 24.0 Å². The van der Waals surface area contributed by atoms with Crippen molar-refractivity contribution in [2.75, 3.05) is 26.2 Å². The predicted octanol–water partition coefficient (Wildman–Crippen LogP) is 3.66. The molecule has 0 saturated heterocycles. The summed E-state index contributed by atoms with van der Waals surface area (Å²) in [7, 11) is 0.